The van der Waals surface area contributed by atoms with Crippen LogP contribution in [0.4, 0.5) is 4.39 Å². The minimum absolute atomic E-state index is 0.121. The molecule has 0 saturated heterocycles. The van der Waals surface area contributed by atoms with E-state index in [1.165, 1.54) is 23.5 Å². The molecule has 1 aromatic carbocycles. The van der Waals surface area contributed by atoms with E-state index in [-0.39, 0.29) is 18.1 Å². The molecule has 0 aliphatic heterocycles. The topological polar surface area (TPSA) is 59.8 Å². The van der Waals surface area contributed by atoms with E-state index in [1.807, 2.05) is 31.7 Å². The maximum atomic E-state index is 13.3. The van der Waals surface area contributed by atoms with Crippen molar-refractivity contribution in [2.75, 3.05) is 0 Å². The van der Waals surface area contributed by atoms with Gasteiger partial charge in [0.2, 0.25) is 5.91 Å². The number of hydrogen-bond acceptors (Lipinski definition) is 4. The second-order valence-electron chi connectivity index (χ2n) is 5.87. The largest absolute Gasteiger partial charge is 0.342 e. The van der Waals surface area contributed by atoms with E-state index < -0.39 is 6.04 Å². The first kappa shape index (κ1) is 17.3. The number of nitrogens with zero attached hydrogens (tertiary/aromatic N) is 3. The van der Waals surface area contributed by atoms with Gasteiger partial charge in [-0.05, 0) is 31.5 Å². The van der Waals surface area contributed by atoms with Gasteiger partial charge >= 0.3 is 0 Å². The highest BCUT2D eigenvalue weighted by atomic mass is 32.1. The molecule has 0 unspecified atom stereocenters. The highest BCUT2D eigenvalue weighted by Gasteiger charge is 2.21. The van der Waals surface area contributed by atoms with Crippen LogP contribution in [-0.4, -0.2) is 20.4 Å². The van der Waals surface area contributed by atoms with Crippen LogP contribution in [0.2, 0.25) is 0 Å². The first-order chi connectivity index (χ1) is 11.9. The van der Waals surface area contributed by atoms with Gasteiger partial charge in [-0.3, -0.25) is 4.79 Å². The van der Waals surface area contributed by atoms with Crippen molar-refractivity contribution >= 4 is 17.2 Å². The molecule has 3 rings (SSSR count). The molecule has 2 heterocycles. The highest BCUT2D eigenvalue weighted by molar-refractivity contribution is 7.11. The van der Waals surface area contributed by atoms with E-state index >= 15 is 0 Å². The number of rotatable bonds is 5. The smallest absolute Gasteiger partial charge is 0.226 e. The van der Waals surface area contributed by atoms with Crippen LogP contribution in [0.1, 0.15) is 33.0 Å². The van der Waals surface area contributed by atoms with E-state index in [9.17, 15) is 9.18 Å². The number of benzene rings is 1. The maximum absolute atomic E-state index is 13.3. The Morgan fingerprint density at radius 1 is 1.32 bits per heavy atom. The molecule has 7 heteroatoms. The van der Waals surface area contributed by atoms with Gasteiger partial charge in [0, 0.05) is 24.3 Å². The Morgan fingerprint density at radius 3 is 2.60 bits per heavy atom. The Morgan fingerprint density at radius 2 is 2.04 bits per heavy atom. The molecule has 0 aliphatic rings. The van der Waals surface area contributed by atoms with Crippen LogP contribution < -0.4 is 5.32 Å². The van der Waals surface area contributed by atoms with Crippen molar-refractivity contribution in [3.8, 4) is 0 Å². The third-order valence-corrected chi connectivity index (χ3v) is 5.02. The quantitative estimate of drug-likeness (QED) is 0.762. The normalized spacial score (nSPS) is 12.2. The van der Waals surface area contributed by atoms with E-state index in [0.29, 0.717) is 5.82 Å². The third kappa shape index (κ3) is 3.93. The molecule has 0 saturated carbocycles. The summed E-state index contributed by atoms with van der Waals surface area (Å²) < 4.78 is 15.1. The summed E-state index contributed by atoms with van der Waals surface area (Å²) >= 11 is 1.53. The lowest BCUT2D eigenvalue weighted by atomic mass is 10.1. The summed E-state index contributed by atoms with van der Waals surface area (Å²) in [7, 11) is 1.86. The second kappa shape index (κ2) is 7.14. The van der Waals surface area contributed by atoms with Crippen molar-refractivity contribution in [2.45, 2.75) is 26.3 Å². The zero-order valence-corrected chi connectivity index (χ0v) is 15.1. The Labute approximate surface area is 149 Å². The number of imidazole rings is 1. The van der Waals surface area contributed by atoms with Crippen molar-refractivity contribution < 1.29 is 9.18 Å². The first-order valence-corrected chi connectivity index (χ1v) is 8.70. The van der Waals surface area contributed by atoms with Crippen LogP contribution in [0.5, 0.6) is 0 Å². The van der Waals surface area contributed by atoms with E-state index in [2.05, 4.69) is 15.3 Å². The number of amides is 1. The van der Waals surface area contributed by atoms with Gasteiger partial charge in [-0.1, -0.05) is 12.1 Å². The number of thiazole rings is 1. The van der Waals surface area contributed by atoms with Gasteiger partial charge in [0.1, 0.15) is 17.7 Å². The Hall–Kier alpha value is -2.54. The number of carbonyl (C=O) groups excluding carboxylic acids is 1. The summed E-state index contributed by atoms with van der Waals surface area (Å²) in [6.07, 6.45) is 3.75. The Bertz CT molecular complexity index is 885. The summed E-state index contributed by atoms with van der Waals surface area (Å²) in [5.41, 5.74) is 1.66. The minimum Gasteiger partial charge on any atom is -0.342 e. The van der Waals surface area contributed by atoms with E-state index in [0.717, 1.165) is 21.1 Å². The van der Waals surface area contributed by atoms with Gasteiger partial charge in [0.25, 0.3) is 0 Å². The van der Waals surface area contributed by atoms with Crippen LogP contribution in [0, 0.1) is 19.7 Å². The number of carbonyl (C=O) groups is 1. The molecule has 0 spiro atoms. The minimum atomic E-state index is -0.442. The maximum Gasteiger partial charge on any atom is 0.226 e. The summed E-state index contributed by atoms with van der Waals surface area (Å²) in [5, 5.41) is 3.96. The van der Waals surface area contributed by atoms with Gasteiger partial charge in [0.05, 0.1) is 17.1 Å². The monoisotopic (exact) mass is 358 g/mol. The molecule has 130 valence electrons. The number of hydrogen-bond donors (Lipinski definition) is 1. The predicted molar refractivity (Wildman–Crippen MR) is 94.9 cm³/mol. The Balaban J connectivity index is 1.85. The van der Waals surface area contributed by atoms with E-state index in [4.69, 9.17) is 0 Å². The lowest BCUT2D eigenvalue weighted by molar-refractivity contribution is -0.121. The van der Waals surface area contributed by atoms with Crippen molar-refractivity contribution in [1.82, 2.24) is 19.9 Å². The van der Waals surface area contributed by atoms with Gasteiger partial charge in [-0.25, -0.2) is 14.4 Å². The highest BCUT2D eigenvalue weighted by Crippen LogP contribution is 2.22. The molecule has 0 radical (unpaired) electrons. The second-order valence-corrected chi connectivity index (χ2v) is 7.15. The summed E-state index contributed by atoms with van der Waals surface area (Å²) in [6, 6.07) is 5.65. The van der Waals surface area contributed by atoms with Gasteiger partial charge in [0.15, 0.2) is 0 Å². The lowest BCUT2D eigenvalue weighted by Gasteiger charge is -2.19. The molecule has 1 N–H and O–H groups in total. The van der Waals surface area contributed by atoms with Crippen LogP contribution in [0.3, 0.4) is 0 Å². The van der Waals surface area contributed by atoms with Crippen LogP contribution in [0.15, 0.2) is 36.7 Å². The zero-order valence-electron chi connectivity index (χ0n) is 14.3. The summed E-state index contributed by atoms with van der Waals surface area (Å²) in [5.74, 6) is 0.255. The van der Waals surface area contributed by atoms with Crippen molar-refractivity contribution in [3.63, 3.8) is 0 Å². The Kier molecular flexibility index (Phi) is 4.94. The molecule has 0 bridgehead atoms. The molecule has 3 aromatic rings. The number of aryl methyl sites for hydroxylation is 3. The fraction of sp³-hybridized carbons (Fsp3) is 0.278. The third-order valence-electron chi connectivity index (χ3n) is 3.95. The average Bonchev–Trinajstić information content (AvgIpc) is 3.11. The van der Waals surface area contributed by atoms with Gasteiger partial charge in [-0.15, -0.1) is 11.3 Å². The molecule has 1 amide bonds. The average molecular weight is 358 g/mol. The fourth-order valence-electron chi connectivity index (χ4n) is 2.70. The lowest BCUT2D eigenvalue weighted by Crippen LogP contribution is -2.32. The van der Waals surface area contributed by atoms with Crippen molar-refractivity contribution in [2.24, 2.45) is 7.05 Å². The van der Waals surface area contributed by atoms with Crippen LogP contribution in [-0.2, 0) is 18.3 Å². The molecule has 2 aromatic heterocycles. The van der Waals surface area contributed by atoms with E-state index in [1.54, 1.807) is 18.3 Å². The molecule has 0 fully saturated rings. The molecule has 1 atom stereocenters. The van der Waals surface area contributed by atoms with Crippen LogP contribution >= 0.6 is 11.3 Å². The molecule has 0 aliphatic carbocycles. The predicted octanol–water partition coefficient (Wildman–Crippen LogP) is 3.08. The fourth-order valence-corrected chi connectivity index (χ4v) is 3.64. The summed E-state index contributed by atoms with van der Waals surface area (Å²) in [6.45, 7) is 3.83. The zero-order chi connectivity index (χ0) is 18.0. The number of halogens is 1. The molecule has 5 nitrogen and oxygen atoms in total. The molecular weight excluding hydrogens is 339 g/mol. The van der Waals surface area contributed by atoms with Gasteiger partial charge < -0.3 is 9.88 Å². The van der Waals surface area contributed by atoms with Crippen molar-refractivity contribution in [3.05, 3.63) is 69.4 Å². The summed E-state index contributed by atoms with van der Waals surface area (Å²) in [4.78, 5) is 22.2. The molecular formula is C18H19FN4OS. The van der Waals surface area contributed by atoms with Gasteiger partial charge in [-0.2, -0.15) is 0 Å². The SMILES string of the molecule is Cc1nc(C)c(CC(=O)N[C@@H](c2ccc(F)cc2)c2nccn2C)s1. The number of aromatic nitrogens is 3. The molecule has 25 heavy (non-hydrogen) atoms. The van der Waals surface area contributed by atoms with Crippen LogP contribution in [0.25, 0.3) is 0 Å². The first-order valence-electron chi connectivity index (χ1n) is 7.89. The number of nitrogens with one attached hydrogen (secondary N) is 1. The standard InChI is InChI=1S/C18H19FN4OS/c1-11-15(25-12(2)21-11)10-16(24)22-17(18-20-8-9-23(18)3)13-4-6-14(19)7-5-13/h4-9,17H,10H2,1-3H3,(H,22,24)/t17-/m0/s1. The van der Waals surface area contributed by atoms with Crippen molar-refractivity contribution in [1.29, 1.82) is 0 Å².